The van der Waals surface area contributed by atoms with E-state index in [4.69, 9.17) is 4.74 Å². The van der Waals surface area contributed by atoms with Gasteiger partial charge in [-0.15, -0.1) is 5.10 Å². The lowest BCUT2D eigenvalue weighted by atomic mass is 10.1. The Balaban J connectivity index is 1.81. The summed E-state index contributed by atoms with van der Waals surface area (Å²) < 4.78 is 5.23. The number of hydrogen-bond donors (Lipinski definition) is 0. The Labute approximate surface area is 183 Å². The lowest BCUT2D eigenvalue weighted by Gasteiger charge is -2.16. The van der Waals surface area contributed by atoms with Crippen LogP contribution < -0.4 is 4.74 Å². The maximum absolute atomic E-state index is 13.0. The zero-order valence-corrected chi connectivity index (χ0v) is 18.9. The molecule has 6 heteroatoms. The van der Waals surface area contributed by atoms with Crippen LogP contribution in [0.15, 0.2) is 52.7 Å². The topological polar surface area (TPSA) is 54.3 Å². The van der Waals surface area contributed by atoms with Gasteiger partial charge in [0.25, 0.3) is 0 Å². The fraction of sp³-hybridized carbons (Fsp3) is 0.375. The maximum atomic E-state index is 13.0. The van der Waals surface area contributed by atoms with Crippen molar-refractivity contribution in [2.24, 2.45) is 10.2 Å². The smallest absolute Gasteiger partial charge is 0.242 e. The Morgan fingerprint density at radius 1 is 1.17 bits per heavy atom. The number of rotatable bonds is 8. The highest BCUT2D eigenvalue weighted by Gasteiger charge is 2.37. The van der Waals surface area contributed by atoms with Crippen LogP contribution >= 0.6 is 11.8 Å². The van der Waals surface area contributed by atoms with E-state index in [1.165, 1.54) is 17.3 Å². The van der Waals surface area contributed by atoms with Crippen molar-refractivity contribution in [3.05, 3.63) is 64.7 Å². The molecule has 1 aliphatic heterocycles. The molecule has 0 aliphatic carbocycles. The van der Waals surface area contributed by atoms with Crippen LogP contribution in [0.4, 0.5) is 0 Å². The number of aryl methyl sites for hydroxylation is 2. The predicted molar refractivity (Wildman–Crippen MR) is 125 cm³/mol. The van der Waals surface area contributed by atoms with Crippen LogP contribution in [0.1, 0.15) is 48.4 Å². The average Bonchev–Trinajstić information content (AvgIpc) is 3.03. The standard InChI is InChI=1S/C24H29N3O2S/c1-5-6-7-22-23(28)27(16-19-9-12-21(29-4)13-10-19)24(30-22)26-25-15-20-11-8-17(2)14-18(20)3/h8-15,22H,5-7,16H2,1-4H3/b25-15-,26-24+/t22-/m1/s1. The second-order valence-corrected chi connectivity index (χ2v) is 8.68. The SMILES string of the molecule is CCCC[C@H]1S/C(=N/N=C\c2ccc(C)cc2C)N(Cc2ccc(OC)cc2)C1=O. The van der Waals surface area contributed by atoms with Gasteiger partial charge in [-0.2, -0.15) is 5.10 Å². The van der Waals surface area contributed by atoms with Gasteiger partial charge < -0.3 is 4.74 Å². The number of amides is 1. The third kappa shape index (κ3) is 5.51. The normalized spacial score (nSPS) is 18.0. The molecule has 5 nitrogen and oxygen atoms in total. The number of unbranched alkanes of at least 4 members (excludes halogenated alkanes) is 1. The van der Waals surface area contributed by atoms with Crippen molar-refractivity contribution in [2.45, 2.75) is 51.8 Å². The number of hydrogen-bond acceptors (Lipinski definition) is 5. The van der Waals surface area contributed by atoms with Crippen molar-refractivity contribution < 1.29 is 9.53 Å². The molecule has 1 saturated heterocycles. The largest absolute Gasteiger partial charge is 0.497 e. The Kier molecular flexibility index (Phi) is 7.69. The number of methoxy groups -OCH3 is 1. The number of benzene rings is 2. The van der Waals surface area contributed by atoms with Crippen LogP contribution in [0.5, 0.6) is 5.75 Å². The van der Waals surface area contributed by atoms with Gasteiger partial charge in [-0.1, -0.05) is 67.4 Å². The van der Waals surface area contributed by atoms with Crippen molar-refractivity contribution in [3.63, 3.8) is 0 Å². The van der Waals surface area contributed by atoms with E-state index >= 15 is 0 Å². The molecule has 2 aromatic carbocycles. The first kappa shape index (κ1) is 22.1. The summed E-state index contributed by atoms with van der Waals surface area (Å²) in [4.78, 5) is 14.8. The molecule has 3 rings (SSSR count). The number of ether oxygens (including phenoxy) is 1. The molecule has 0 saturated carbocycles. The Morgan fingerprint density at radius 2 is 1.93 bits per heavy atom. The number of carbonyl (C=O) groups excluding carboxylic acids is 1. The van der Waals surface area contributed by atoms with Gasteiger partial charge in [-0.05, 0) is 49.1 Å². The lowest BCUT2D eigenvalue weighted by Crippen LogP contribution is -2.31. The summed E-state index contributed by atoms with van der Waals surface area (Å²) >= 11 is 1.52. The van der Waals surface area contributed by atoms with Gasteiger partial charge in [0.05, 0.1) is 25.1 Å². The van der Waals surface area contributed by atoms with Crippen LogP contribution in [0.25, 0.3) is 0 Å². The van der Waals surface area contributed by atoms with Crippen molar-refractivity contribution >= 4 is 29.1 Å². The number of nitrogens with zero attached hydrogens (tertiary/aromatic N) is 3. The first-order valence-electron chi connectivity index (χ1n) is 10.3. The highest BCUT2D eigenvalue weighted by atomic mass is 32.2. The third-order valence-electron chi connectivity index (χ3n) is 5.11. The van der Waals surface area contributed by atoms with E-state index in [2.05, 4.69) is 43.1 Å². The molecule has 0 bridgehead atoms. The second-order valence-electron chi connectivity index (χ2n) is 7.51. The summed E-state index contributed by atoms with van der Waals surface area (Å²) in [5.41, 5.74) is 4.44. The monoisotopic (exact) mass is 423 g/mol. The quantitative estimate of drug-likeness (QED) is 0.426. The zero-order chi connectivity index (χ0) is 21.5. The van der Waals surface area contributed by atoms with E-state index in [9.17, 15) is 4.79 Å². The Bertz CT molecular complexity index is 938. The highest BCUT2D eigenvalue weighted by Crippen LogP contribution is 2.32. The summed E-state index contributed by atoms with van der Waals surface area (Å²) in [7, 11) is 1.65. The van der Waals surface area contributed by atoms with Gasteiger partial charge in [0.1, 0.15) is 5.75 Å². The zero-order valence-electron chi connectivity index (χ0n) is 18.1. The van der Waals surface area contributed by atoms with E-state index in [-0.39, 0.29) is 11.2 Å². The molecule has 158 valence electrons. The van der Waals surface area contributed by atoms with Crippen LogP contribution in [-0.4, -0.2) is 34.5 Å². The summed E-state index contributed by atoms with van der Waals surface area (Å²) in [6.45, 7) is 6.76. The predicted octanol–water partition coefficient (Wildman–Crippen LogP) is 5.34. The van der Waals surface area contributed by atoms with E-state index in [1.807, 2.05) is 30.3 Å². The molecular weight excluding hydrogens is 394 g/mol. The molecule has 1 aliphatic rings. The van der Waals surface area contributed by atoms with Crippen LogP contribution in [0.3, 0.4) is 0 Å². The average molecular weight is 424 g/mol. The summed E-state index contributed by atoms with van der Waals surface area (Å²) in [5.74, 6) is 0.915. The van der Waals surface area contributed by atoms with Gasteiger partial charge >= 0.3 is 0 Å². The van der Waals surface area contributed by atoms with E-state index in [0.717, 1.165) is 41.7 Å². The number of amidine groups is 1. The Morgan fingerprint density at radius 3 is 2.60 bits per heavy atom. The molecule has 1 atom stereocenters. The maximum Gasteiger partial charge on any atom is 0.242 e. The first-order valence-corrected chi connectivity index (χ1v) is 11.2. The molecule has 0 unspecified atom stereocenters. The van der Waals surface area contributed by atoms with E-state index in [0.29, 0.717) is 11.7 Å². The van der Waals surface area contributed by atoms with Crippen molar-refractivity contribution in [2.75, 3.05) is 7.11 Å². The third-order valence-corrected chi connectivity index (χ3v) is 6.34. The van der Waals surface area contributed by atoms with Gasteiger partial charge in [0, 0.05) is 0 Å². The van der Waals surface area contributed by atoms with E-state index in [1.54, 1.807) is 18.2 Å². The van der Waals surface area contributed by atoms with Crippen molar-refractivity contribution in [1.29, 1.82) is 0 Å². The van der Waals surface area contributed by atoms with Crippen LogP contribution in [0, 0.1) is 13.8 Å². The van der Waals surface area contributed by atoms with Gasteiger partial charge in [0.15, 0.2) is 5.17 Å². The molecular formula is C24H29N3O2S. The van der Waals surface area contributed by atoms with Crippen molar-refractivity contribution in [3.8, 4) is 5.75 Å². The molecule has 0 N–H and O–H groups in total. The summed E-state index contributed by atoms with van der Waals surface area (Å²) in [6.07, 6.45) is 4.72. The molecule has 1 fully saturated rings. The number of thioether (sulfide) groups is 1. The highest BCUT2D eigenvalue weighted by molar-refractivity contribution is 8.15. The van der Waals surface area contributed by atoms with E-state index < -0.39 is 0 Å². The molecule has 0 radical (unpaired) electrons. The second kappa shape index (κ2) is 10.4. The minimum atomic E-state index is -0.0849. The van der Waals surface area contributed by atoms with Gasteiger partial charge in [-0.3, -0.25) is 9.69 Å². The number of carbonyl (C=O) groups is 1. The molecule has 1 amide bonds. The van der Waals surface area contributed by atoms with Crippen LogP contribution in [0.2, 0.25) is 0 Å². The molecule has 30 heavy (non-hydrogen) atoms. The molecule has 0 aromatic heterocycles. The fourth-order valence-corrected chi connectivity index (χ4v) is 4.47. The lowest BCUT2D eigenvalue weighted by molar-refractivity contribution is -0.126. The molecule has 0 spiro atoms. The Hall–Kier alpha value is -2.60. The fourth-order valence-electron chi connectivity index (χ4n) is 3.33. The van der Waals surface area contributed by atoms with Gasteiger partial charge in [0.2, 0.25) is 5.91 Å². The van der Waals surface area contributed by atoms with Crippen molar-refractivity contribution in [1.82, 2.24) is 4.90 Å². The first-order chi connectivity index (χ1) is 14.5. The van der Waals surface area contributed by atoms with Crippen LogP contribution in [-0.2, 0) is 11.3 Å². The minimum Gasteiger partial charge on any atom is -0.497 e. The molecule has 1 heterocycles. The molecule has 2 aromatic rings. The summed E-state index contributed by atoms with van der Waals surface area (Å²) in [5, 5.41) is 9.32. The minimum absolute atomic E-state index is 0.0849. The summed E-state index contributed by atoms with van der Waals surface area (Å²) in [6, 6.07) is 14.0. The van der Waals surface area contributed by atoms with Gasteiger partial charge in [-0.25, -0.2) is 0 Å².